The second-order valence-electron chi connectivity index (χ2n) is 9.76. The molecule has 0 bridgehead atoms. The number of ether oxygens (including phenoxy) is 1. The third kappa shape index (κ3) is 5.65. The number of hydrogen-bond acceptors (Lipinski definition) is 3. The Bertz CT molecular complexity index is 1230. The Morgan fingerprint density at radius 2 is 1.69 bits per heavy atom. The maximum atomic E-state index is 13.5. The molecule has 39 heavy (non-hydrogen) atoms. The minimum absolute atomic E-state index is 0.0653. The number of nitrogens with zero attached hydrogens (tertiary/aromatic N) is 2. The molecule has 0 unspecified atom stereocenters. The van der Waals surface area contributed by atoms with Gasteiger partial charge in [-0.05, 0) is 80.5 Å². The normalized spacial score (nSPS) is 18.8. The molecule has 0 aromatic heterocycles. The Morgan fingerprint density at radius 3 is 2.26 bits per heavy atom. The summed E-state index contributed by atoms with van der Waals surface area (Å²) in [5.74, 6) is 0. The van der Waals surface area contributed by atoms with Crippen LogP contribution in [0.3, 0.4) is 0 Å². The number of carbonyl (C=O) groups excluding carboxylic acids is 2. The third-order valence-electron chi connectivity index (χ3n) is 7.22. The van der Waals surface area contributed by atoms with Crippen LogP contribution in [0.2, 0.25) is 0 Å². The topological polar surface area (TPSA) is 61.9 Å². The number of alkyl halides is 6. The highest BCUT2D eigenvalue weighted by Gasteiger charge is 2.42. The maximum Gasteiger partial charge on any atom is 0.416 e. The molecular weight excluding hydrogens is 528 g/mol. The van der Waals surface area contributed by atoms with Crippen LogP contribution >= 0.6 is 0 Å². The van der Waals surface area contributed by atoms with Gasteiger partial charge < -0.3 is 15.0 Å². The van der Waals surface area contributed by atoms with Crippen LogP contribution in [0.4, 0.5) is 41.6 Å². The quantitative estimate of drug-likeness (QED) is 0.419. The summed E-state index contributed by atoms with van der Waals surface area (Å²) in [7, 11) is 1.34. The maximum absolute atomic E-state index is 13.5. The first-order chi connectivity index (χ1) is 18.3. The zero-order valence-electron chi connectivity index (χ0n) is 21.7. The van der Waals surface area contributed by atoms with Gasteiger partial charge in [0, 0.05) is 25.2 Å². The van der Waals surface area contributed by atoms with Crippen LogP contribution in [0.5, 0.6) is 0 Å². The van der Waals surface area contributed by atoms with E-state index < -0.39 is 54.2 Å². The molecule has 1 aliphatic heterocycles. The van der Waals surface area contributed by atoms with Crippen molar-refractivity contribution in [2.45, 2.75) is 70.5 Å². The first kappa shape index (κ1) is 28.6. The number of hydrogen-bond donors (Lipinski definition) is 1. The minimum Gasteiger partial charge on any atom is -0.449 e. The number of carbonyl (C=O) groups is 2. The molecule has 0 radical (unpaired) electrons. The van der Waals surface area contributed by atoms with E-state index in [0.717, 1.165) is 24.0 Å². The second-order valence-corrected chi connectivity index (χ2v) is 9.76. The highest BCUT2D eigenvalue weighted by atomic mass is 19.4. The van der Waals surface area contributed by atoms with Gasteiger partial charge in [-0.2, -0.15) is 26.3 Å². The minimum atomic E-state index is -5.01. The van der Waals surface area contributed by atoms with Crippen LogP contribution in [0.1, 0.15) is 66.1 Å². The average molecular weight is 558 g/mol. The van der Waals surface area contributed by atoms with Gasteiger partial charge in [-0.25, -0.2) is 9.59 Å². The average Bonchev–Trinajstić information content (AvgIpc) is 3.34. The van der Waals surface area contributed by atoms with Crippen LogP contribution in [0, 0.1) is 0 Å². The smallest absolute Gasteiger partial charge is 0.416 e. The standard InChI is InChI=1S/C27H29F6N3O3/c1-4-39-25(38)36-15(2)10-22(23-20-7-5-6-17(20)8-9-21(23)36)35(24(37)34-3)14-16-11-18(26(28,29)30)13-19(12-16)27(31,32)33/h8-9,11-13,15,22H,4-7,10,14H2,1-3H3,(H,34,37)/t15-,22+/m1/s1. The van der Waals surface area contributed by atoms with Crippen LogP contribution in [-0.4, -0.2) is 36.7 Å². The zero-order chi connectivity index (χ0) is 28.7. The fourth-order valence-electron chi connectivity index (χ4n) is 5.58. The van der Waals surface area contributed by atoms with Gasteiger partial charge in [0.15, 0.2) is 0 Å². The first-order valence-electron chi connectivity index (χ1n) is 12.6. The van der Waals surface area contributed by atoms with E-state index in [4.69, 9.17) is 4.74 Å². The fourth-order valence-corrected chi connectivity index (χ4v) is 5.58. The van der Waals surface area contributed by atoms with Crippen LogP contribution < -0.4 is 10.2 Å². The lowest BCUT2D eigenvalue weighted by Crippen LogP contribution is -2.49. The van der Waals surface area contributed by atoms with Gasteiger partial charge in [-0.3, -0.25) is 4.90 Å². The van der Waals surface area contributed by atoms with Gasteiger partial charge in [0.25, 0.3) is 0 Å². The molecule has 2 aromatic rings. The number of halogens is 6. The van der Waals surface area contributed by atoms with Crippen molar-refractivity contribution in [3.63, 3.8) is 0 Å². The van der Waals surface area contributed by atoms with E-state index in [1.54, 1.807) is 19.9 Å². The molecule has 3 amide bonds. The van der Waals surface area contributed by atoms with Crippen molar-refractivity contribution in [2.75, 3.05) is 18.6 Å². The molecule has 0 saturated carbocycles. The highest BCUT2D eigenvalue weighted by molar-refractivity contribution is 5.91. The van der Waals surface area contributed by atoms with Gasteiger partial charge in [-0.1, -0.05) is 6.07 Å². The van der Waals surface area contributed by atoms with Crippen molar-refractivity contribution in [1.82, 2.24) is 10.2 Å². The van der Waals surface area contributed by atoms with Crippen molar-refractivity contribution in [3.8, 4) is 0 Å². The molecule has 1 N–H and O–H groups in total. The van der Waals surface area contributed by atoms with Gasteiger partial charge >= 0.3 is 24.5 Å². The number of fused-ring (bicyclic) bond motifs is 3. The Morgan fingerprint density at radius 1 is 1.05 bits per heavy atom. The lowest BCUT2D eigenvalue weighted by molar-refractivity contribution is -0.143. The summed E-state index contributed by atoms with van der Waals surface area (Å²) >= 11 is 0. The van der Waals surface area contributed by atoms with Crippen LogP contribution in [-0.2, 0) is 36.5 Å². The summed E-state index contributed by atoms with van der Waals surface area (Å²) in [5, 5.41) is 2.48. The van der Waals surface area contributed by atoms with E-state index >= 15 is 0 Å². The summed E-state index contributed by atoms with van der Waals surface area (Å²) in [6, 6.07) is 3.18. The molecule has 0 spiro atoms. The van der Waals surface area contributed by atoms with E-state index in [1.165, 1.54) is 16.8 Å². The summed E-state index contributed by atoms with van der Waals surface area (Å²) in [4.78, 5) is 28.8. The van der Waals surface area contributed by atoms with Crippen molar-refractivity contribution in [2.24, 2.45) is 0 Å². The van der Waals surface area contributed by atoms with Gasteiger partial charge in [0.1, 0.15) is 0 Å². The van der Waals surface area contributed by atoms with Gasteiger partial charge in [0.2, 0.25) is 0 Å². The van der Waals surface area contributed by atoms with E-state index in [9.17, 15) is 35.9 Å². The Hall–Kier alpha value is -3.44. The van der Waals surface area contributed by atoms with Crippen molar-refractivity contribution in [3.05, 3.63) is 63.7 Å². The monoisotopic (exact) mass is 557 g/mol. The number of nitrogens with one attached hydrogen (secondary N) is 1. The molecule has 12 heteroatoms. The largest absolute Gasteiger partial charge is 0.449 e. The molecule has 1 heterocycles. The van der Waals surface area contributed by atoms with Crippen molar-refractivity contribution in [1.29, 1.82) is 0 Å². The van der Waals surface area contributed by atoms with Gasteiger partial charge in [-0.15, -0.1) is 0 Å². The highest BCUT2D eigenvalue weighted by Crippen LogP contribution is 2.46. The predicted molar refractivity (Wildman–Crippen MR) is 131 cm³/mol. The molecule has 0 fully saturated rings. The van der Waals surface area contributed by atoms with Crippen molar-refractivity contribution < 1.29 is 40.7 Å². The molecule has 2 aliphatic rings. The SMILES string of the molecule is CCOC(=O)N1c2ccc3c(c2[C@@H](N(Cc2cc(C(F)(F)F)cc(C(F)(F)F)c2)C(=O)NC)C[C@H]1C)CCC3. The van der Waals surface area contributed by atoms with E-state index in [0.29, 0.717) is 29.8 Å². The molecule has 212 valence electrons. The number of amides is 3. The second kappa shape index (κ2) is 10.6. The van der Waals surface area contributed by atoms with E-state index in [2.05, 4.69) is 5.32 Å². The third-order valence-corrected chi connectivity index (χ3v) is 7.22. The Labute approximate surface area is 221 Å². The summed E-state index contributed by atoms with van der Waals surface area (Å²) in [5.41, 5.74) is -0.0446. The zero-order valence-corrected chi connectivity index (χ0v) is 21.7. The molecule has 2 aromatic carbocycles. The summed E-state index contributed by atoms with van der Waals surface area (Å²) in [6.07, 6.45) is -8.09. The van der Waals surface area contributed by atoms with Crippen molar-refractivity contribution >= 4 is 17.8 Å². The van der Waals surface area contributed by atoms with Crippen LogP contribution in [0.15, 0.2) is 30.3 Å². The Kier molecular flexibility index (Phi) is 7.77. The number of anilines is 1. The van der Waals surface area contributed by atoms with E-state index in [-0.39, 0.29) is 24.7 Å². The lowest BCUT2D eigenvalue weighted by atomic mass is 9.85. The lowest BCUT2D eigenvalue weighted by Gasteiger charge is -2.44. The first-order valence-corrected chi connectivity index (χ1v) is 12.6. The van der Waals surface area contributed by atoms with Crippen LogP contribution in [0.25, 0.3) is 0 Å². The molecular formula is C27H29F6N3O3. The molecule has 4 rings (SSSR count). The summed E-state index contributed by atoms with van der Waals surface area (Å²) < 4.78 is 86.4. The molecule has 0 saturated heterocycles. The van der Waals surface area contributed by atoms with E-state index in [1.807, 2.05) is 6.07 Å². The number of urea groups is 1. The predicted octanol–water partition coefficient (Wildman–Crippen LogP) is 6.85. The summed E-state index contributed by atoms with van der Waals surface area (Å²) in [6.45, 7) is 3.07. The number of benzene rings is 2. The molecule has 6 nitrogen and oxygen atoms in total. The number of rotatable bonds is 4. The van der Waals surface area contributed by atoms with Gasteiger partial charge in [0.05, 0.1) is 29.5 Å². The molecule has 1 aliphatic carbocycles. The fraction of sp³-hybridized carbons (Fsp3) is 0.481. The Balaban J connectivity index is 1.85. The number of aryl methyl sites for hydroxylation is 1. The molecule has 2 atom stereocenters.